The molecular formula is C12H18FN3O2S. The van der Waals surface area contributed by atoms with Crippen LogP contribution in [0.5, 0.6) is 0 Å². The SMILES string of the molecule is CCCN(CC(=N)N)S(=O)(=O)c1cc(F)ccc1C. The maximum Gasteiger partial charge on any atom is 0.243 e. The summed E-state index contributed by atoms with van der Waals surface area (Å²) in [7, 11) is -3.84. The van der Waals surface area contributed by atoms with Crippen LogP contribution in [0, 0.1) is 18.2 Å². The number of amidine groups is 1. The molecule has 0 aliphatic rings. The van der Waals surface area contributed by atoms with Crippen LogP contribution in [0.15, 0.2) is 23.1 Å². The first-order valence-corrected chi connectivity index (χ1v) is 7.32. The average molecular weight is 287 g/mol. The predicted molar refractivity (Wildman–Crippen MR) is 72.1 cm³/mol. The van der Waals surface area contributed by atoms with Gasteiger partial charge in [-0.2, -0.15) is 4.31 Å². The van der Waals surface area contributed by atoms with Crippen molar-refractivity contribution in [1.82, 2.24) is 4.31 Å². The second-order valence-corrected chi connectivity index (χ2v) is 6.18. The van der Waals surface area contributed by atoms with E-state index < -0.39 is 15.8 Å². The second-order valence-electron chi connectivity index (χ2n) is 4.27. The van der Waals surface area contributed by atoms with Crippen LogP contribution in [-0.2, 0) is 10.0 Å². The maximum absolute atomic E-state index is 13.2. The molecule has 5 nitrogen and oxygen atoms in total. The molecular weight excluding hydrogens is 269 g/mol. The van der Waals surface area contributed by atoms with Crippen LogP contribution in [0.3, 0.4) is 0 Å². The summed E-state index contributed by atoms with van der Waals surface area (Å²) in [5.41, 5.74) is 5.73. The standard InChI is InChI=1S/C12H18FN3O2S/c1-3-6-16(8-12(14)15)19(17,18)11-7-10(13)5-4-9(11)2/h4-5,7H,3,6,8H2,1-2H3,(H3,14,15). The van der Waals surface area contributed by atoms with E-state index in [0.29, 0.717) is 12.0 Å². The summed E-state index contributed by atoms with van der Waals surface area (Å²) in [5, 5.41) is 7.24. The van der Waals surface area contributed by atoms with Crippen molar-refractivity contribution in [1.29, 1.82) is 5.41 Å². The lowest BCUT2D eigenvalue weighted by Crippen LogP contribution is -2.38. The Morgan fingerprint density at radius 2 is 2.11 bits per heavy atom. The molecule has 3 N–H and O–H groups in total. The monoisotopic (exact) mass is 287 g/mol. The van der Waals surface area contributed by atoms with E-state index in [4.69, 9.17) is 11.1 Å². The van der Waals surface area contributed by atoms with Crippen molar-refractivity contribution in [3.05, 3.63) is 29.6 Å². The van der Waals surface area contributed by atoms with Gasteiger partial charge in [-0.25, -0.2) is 12.8 Å². The number of halogens is 1. The smallest absolute Gasteiger partial charge is 0.243 e. The summed E-state index contributed by atoms with van der Waals surface area (Å²) in [6.45, 7) is 3.47. The molecule has 0 heterocycles. The van der Waals surface area contributed by atoms with Gasteiger partial charge < -0.3 is 5.73 Å². The predicted octanol–water partition coefficient (Wildman–Crippen LogP) is 1.47. The van der Waals surface area contributed by atoms with Crippen LogP contribution in [0.4, 0.5) is 4.39 Å². The molecule has 19 heavy (non-hydrogen) atoms. The summed E-state index contributed by atoms with van der Waals surface area (Å²) in [5.74, 6) is -0.852. The van der Waals surface area contributed by atoms with E-state index in [9.17, 15) is 12.8 Å². The third-order valence-electron chi connectivity index (χ3n) is 2.59. The number of nitrogens with zero attached hydrogens (tertiary/aromatic N) is 1. The van der Waals surface area contributed by atoms with Gasteiger partial charge in [0.25, 0.3) is 0 Å². The maximum atomic E-state index is 13.2. The Bertz CT molecular complexity index is 572. The minimum atomic E-state index is -3.84. The van der Waals surface area contributed by atoms with Crippen molar-refractivity contribution in [3.8, 4) is 0 Å². The number of aryl methyl sites for hydroxylation is 1. The highest BCUT2D eigenvalue weighted by atomic mass is 32.2. The Labute approximate surface area is 112 Å². The van der Waals surface area contributed by atoms with Crippen molar-refractivity contribution in [3.63, 3.8) is 0 Å². The van der Waals surface area contributed by atoms with Crippen LogP contribution in [-0.4, -0.2) is 31.6 Å². The van der Waals surface area contributed by atoms with Crippen molar-refractivity contribution in [2.75, 3.05) is 13.1 Å². The van der Waals surface area contributed by atoms with Gasteiger partial charge in [-0.3, -0.25) is 5.41 Å². The third-order valence-corrected chi connectivity index (χ3v) is 4.57. The van der Waals surface area contributed by atoms with E-state index in [1.165, 1.54) is 12.1 Å². The van der Waals surface area contributed by atoms with Gasteiger partial charge in [0.15, 0.2) is 0 Å². The van der Waals surface area contributed by atoms with Gasteiger partial charge >= 0.3 is 0 Å². The molecule has 0 aliphatic heterocycles. The van der Waals surface area contributed by atoms with Crippen LogP contribution in [0.2, 0.25) is 0 Å². The summed E-state index contributed by atoms with van der Waals surface area (Å²) >= 11 is 0. The van der Waals surface area contributed by atoms with E-state index >= 15 is 0 Å². The number of rotatable bonds is 6. The van der Waals surface area contributed by atoms with Gasteiger partial charge in [0, 0.05) is 6.54 Å². The first-order valence-electron chi connectivity index (χ1n) is 5.88. The fourth-order valence-electron chi connectivity index (χ4n) is 1.71. The molecule has 106 valence electrons. The average Bonchev–Trinajstić information content (AvgIpc) is 2.31. The fourth-order valence-corrected chi connectivity index (χ4v) is 3.46. The van der Waals surface area contributed by atoms with Crippen LogP contribution in [0.25, 0.3) is 0 Å². The van der Waals surface area contributed by atoms with Crippen LogP contribution < -0.4 is 5.73 Å². The molecule has 0 spiro atoms. The Hall–Kier alpha value is -1.47. The lowest BCUT2D eigenvalue weighted by atomic mass is 10.2. The molecule has 0 saturated carbocycles. The van der Waals surface area contributed by atoms with Crippen molar-refractivity contribution < 1.29 is 12.8 Å². The summed E-state index contributed by atoms with van der Waals surface area (Å²) < 4.78 is 39.2. The first-order chi connectivity index (χ1) is 8.78. The van der Waals surface area contributed by atoms with Gasteiger partial charge in [0.05, 0.1) is 11.4 Å². The minimum absolute atomic E-state index is 0.0813. The quantitative estimate of drug-likeness (QED) is 0.613. The van der Waals surface area contributed by atoms with E-state index in [0.717, 1.165) is 10.4 Å². The molecule has 0 unspecified atom stereocenters. The molecule has 1 aromatic carbocycles. The Morgan fingerprint density at radius 1 is 1.47 bits per heavy atom. The van der Waals surface area contributed by atoms with Gasteiger partial charge in [-0.05, 0) is 31.0 Å². The molecule has 0 aliphatic carbocycles. The van der Waals surface area contributed by atoms with Crippen LogP contribution in [0.1, 0.15) is 18.9 Å². The highest BCUT2D eigenvalue weighted by Crippen LogP contribution is 2.21. The summed E-state index contributed by atoms with van der Waals surface area (Å²) in [4.78, 5) is -0.0813. The normalized spacial score (nSPS) is 11.8. The molecule has 1 rings (SSSR count). The Balaban J connectivity index is 3.25. The highest BCUT2D eigenvalue weighted by molar-refractivity contribution is 7.89. The lowest BCUT2D eigenvalue weighted by molar-refractivity contribution is 0.446. The molecule has 0 atom stereocenters. The number of nitrogens with two attached hydrogens (primary N) is 1. The molecule has 0 saturated heterocycles. The fraction of sp³-hybridized carbons (Fsp3) is 0.417. The zero-order valence-electron chi connectivity index (χ0n) is 11.0. The van der Waals surface area contributed by atoms with E-state index in [1.807, 2.05) is 6.92 Å². The molecule has 0 fully saturated rings. The largest absolute Gasteiger partial charge is 0.387 e. The number of nitrogens with one attached hydrogen (secondary N) is 1. The molecule has 0 aromatic heterocycles. The van der Waals surface area contributed by atoms with E-state index in [2.05, 4.69) is 0 Å². The number of benzene rings is 1. The van der Waals surface area contributed by atoms with E-state index in [-0.39, 0.29) is 23.8 Å². The molecule has 0 bridgehead atoms. The molecule has 0 radical (unpaired) electrons. The molecule has 0 amide bonds. The number of sulfonamides is 1. The van der Waals surface area contributed by atoms with Gasteiger partial charge in [-0.15, -0.1) is 0 Å². The van der Waals surface area contributed by atoms with Crippen molar-refractivity contribution >= 4 is 15.9 Å². The van der Waals surface area contributed by atoms with E-state index in [1.54, 1.807) is 6.92 Å². The number of hydrogen-bond acceptors (Lipinski definition) is 3. The zero-order chi connectivity index (χ0) is 14.6. The number of hydrogen-bond donors (Lipinski definition) is 2. The lowest BCUT2D eigenvalue weighted by Gasteiger charge is -2.22. The third kappa shape index (κ3) is 3.74. The minimum Gasteiger partial charge on any atom is -0.387 e. The Morgan fingerprint density at radius 3 is 2.63 bits per heavy atom. The van der Waals surface area contributed by atoms with Crippen molar-refractivity contribution in [2.24, 2.45) is 5.73 Å². The van der Waals surface area contributed by atoms with Gasteiger partial charge in [0.1, 0.15) is 11.7 Å². The second kappa shape index (κ2) is 6.12. The van der Waals surface area contributed by atoms with Gasteiger partial charge in [0.2, 0.25) is 10.0 Å². The summed E-state index contributed by atoms with van der Waals surface area (Å²) in [6.07, 6.45) is 0.584. The highest BCUT2D eigenvalue weighted by Gasteiger charge is 2.26. The summed E-state index contributed by atoms with van der Waals surface area (Å²) in [6, 6.07) is 3.62. The van der Waals surface area contributed by atoms with Crippen LogP contribution >= 0.6 is 0 Å². The molecule has 7 heteroatoms. The topological polar surface area (TPSA) is 87.2 Å². The Kier molecular flexibility index (Phi) is 5.02. The molecule has 1 aromatic rings. The zero-order valence-corrected chi connectivity index (χ0v) is 11.8. The first kappa shape index (κ1) is 15.6. The van der Waals surface area contributed by atoms with Gasteiger partial charge in [-0.1, -0.05) is 13.0 Å². The van der Waals surface area contributed by atoms with Crippen molar-refractivity contribution in [2.45, 2.75) is 25.2 Å².